The first kappa shape index (κ1) is 18.2. The van der Waals surface area contributed by atoms with Crippen LogP contribution in [0.2, 0.25) is 0 Å². The highest BCUT2D eigenvalue weighted by Gasteiger charge is 2.03. The molecule has 1 aromatic carbocycles. The molecule has 3 N–H and O–H groups in total. The number of non-ortho nitro benzene ring substituents is 1. The zero-order valence-corrected chi connectivity index (χ0v) is 11.6. The van der Waals surface area contributed by atoms with Crippen LogP contribution in [-0.4, -0.2) is 25.8 Å². The van der Waals surface area contributed by atoms with Gasteiger partial charge in [0.2, 0.25) is 0 Å². The molecule has 0 saturated heterocycles. The molecule has 0 spiro atoms. The molecule has 112 valence electrons. The van der Waals surface area contributed by atoms with E-state index in [4.69, 9.17) is 19.5 Å². The van der Waals surface area contributed by atoms with Crippen molar-refractivity contribution in [3.05, 3.63) is 39.9 Å². The average Bonchev–Trinajstić information content (AvgIpc) is 2.34. The van der Waals surface area contributed by atoms with E-state index in [9.17, 15) is 14.9 Å². The Morgan fingerprint density at radius 1 is 1.20 bits per heavy atom. The second-order valence-electron chi connectivity index (χ2n) is 3.81. The van der Waals surface area contributed by atoms with Crippen LogP contribution in [0.15, 0.2) is 24.3 Å². The number of nitrogens with zero attached hydrogens (tertiary/aromatic N) is 1. The van der Waals surface area contributed by atoms with E-state index in [0.717, 1.165) is 18.4 Å². The smallest absolute Gasteiger partial charge is 0.314 e. The van der Waals surface area contributed by atoms with Gasteiger partial charge in [0, 0.05) is 18.6 Å². The van der Waals surface area contributed by atoms with Crippen LogP contribution in [0.1, 0.15) is 24.8 Å². The third kappa shape index (κ3) is 10.2. The van der Waals surface area contributed by atoms with E-state index in [1.165, 1.54) is 12.1 Å². The van der Waals surface area contributed by atoms with E-state index in [2.05, 4.69) is 0 Å². The van der Waals surface area contributed by atoms with Crippen LogP contribution >= 0.6 is 8.25 Å². The van der Waals surface area contributed by atoms with Gasteiger partial charge in [-0.05, 0) is 24.8 Å². The van der Waals surface area contributed by atoms with Crippen LogP contribution in [0.4, 0.5) is 5.69 Å². The fourth-order valence-electron chi connectivity index (χ4n) is 1.39. The second kappa shape index (κ2) is 10.1. The van der Waals surface area contributed by atoms with E-state index in [-0.39, 0.29) is 12.1 Å². The number of benzene rings is 1. The predicted molar refractivity (Wildman–Crippen MR) is 71.7 cm³/mol. The van der Waals surface area contributed by atoms with Crippen molar-refractivity contribution in [1.82, 2.24) is 0 Å². The van der Waals surface area contributed by atoms with E-state index >= 15 is 0 Å². The lowest BCUT2D eigenvalue weighted by Gasteiger charge is -1.99. The molecule has 0 aromatic heterocycles. The molecule has 0 amide bonds. The minimum absolute atomic E-state index is 0.0780. The summed E-state index contributed by atoms with van der Waals surface area (Å²) in [5.41, 5.74) is 1.07. The van der Waals surface area contributed by atoms with Gasteiger partial charge in [0.05, 0.1) is 4.92 Å². The number of nitro benzene ring substituents is 1. The summed E-state index contributed by atoms with van der Waals surface area (Å²) in [5, 5.41) is 18.8. The van der Waals surface area contributed by atoms with Crippen LogP contribution in [0, 0.1) is 10.1 Å². The van der Waals surface area contributed by atoms with Crippen molar-refractivity contribution in [3.8, 4) is 0 Å². The van der Waals surface area contributed by atoms with Gasteiger partial charge in [0.25, 0.3) is 5.69 Å². The van der Waals surface area contributed by atoms with Crippen molar-refractivity contribution in [2.45, 2.75) is 25.7 Å². The number of carboxylic acids is 1. The highest BCUT2D eigenvalue weighted by atomic mass is 31.1. The lowest BCUT2D eigenvalue weighted by atomic mass is 10.1. The molecule has 8 nitrogen and oxygen atoms in total. The lowest BCUT2D eigenvalue weighted by molar-refractivity contribution is -0.384. The predicted octanol–water partition coefficient (Wildman–Crippen LogP) is 1.75. The Morgan fingerprint density at radius 3 is 2.10 bits per heavy atom. The summed E-state index contributed by atoms with van der Waals surface area (Å²) in [5.74, 6) is -0.788. The van der Waals surface area contributed by atoms with Crippen LogP contribution in [0.3, 0.4) is 0 Å². The Bertz CT molecular complexity index is 456. The van der Waals surface area contributed by atoms with Crippen molar-refractivity contribution in [2.24, 2.45) is 0 Å². The Balaban J connectivity index is 0.000000796. The van der Waals surface area contributed by atoms with Gasteiger partial charge >= 0.3 is 14.2 Å². The highest BCUT2D eigenvalue weighted by molar-refractivity contribution is 7.30. The van der Waals surface area contributed by atoms with Gasteiger partial charge in [0.15, 0.2) is 0 Å². The fourth-order valence-corrected chi connectivity index (χ4v) is 1.39. The molecule has 9 heteroatoms. The number of hydrogen-bond acceptors (Lipinski definition) is 4. The molecule has 0 radical (unpaired) electrons. The van der Waals surface area contributed by atoms with Gasteiger partial charge in [-0.1, -0.05) is 12.1 Å². The maximum atomic E-state index is 10.4. The monoisotopic (exact) mass is 305 g/mol. The number of aliphatic carboxylic acids is 1. The van der Waals surface area contributed by atoms with Gasteiger partial charge in [-0.25, -0.2) is 0 Å². The summed E-state index contributed by atoms with van der Waals surface area (Å²) in [4.78, 5) is 34.5. The molecule has 0 aliphatic carbocycles. The average molecular weight is 305 g/mol. The first-order valence-corrected chi connectivity index (χ1v) is 7.00. The lowest BCUT2D eigenvalue weighted by Crippen LogP contribution is -1.95. The molecular weight excluding hydrogens is 289 g/mol. The van der Waals surface area contributed by atoms with E-state index in [1.807, 2.05) is 0 Å². The SMILES string of the molecule is O=C(O)CCCCc1ccc([N+](=O)[O-])cc1.O=[PH](O)O. The Hall–Kier alpha value is -1.76. The molecule has 0 aliphatic heterocycles. The summed E-state index contributed by atoms with van der Waals surface area (Å²) in [6.07, 6.45) is 2.34. The summed E-state index contributed by atoms with van der Waals surface area (Å²) in [6, 6.07) is 6.34. The summed E-state index contributed by atoms with van der Waals surface area (Å²) in [7, 11) is -3.13. The molecule has 20 heavy (non-hydrogen) atoms. The van der Waals surface area contributed by atoms with Gasteiger partial charge in [-0.2, -0.15) is 0 Å². The molecule has 0 unspecified atom stereocenters. The van der Waals surface area contributed by atoms with Crippen molar-refractivity contribution in [1.29, 1.82) is 0 Å². The second-order valence-corrected chi connectivity index (χ2v) is 4.37. The van der Waals surface area contributed by atoms with Gasteiger partial charge in [-0.15, -0.1) is 0 Å². The minimum atomic E-state index is -3.13. The maximum absolute atomic E-state index is 10.4. The zero-order chi connectivity index (χ0) is 15.5. The first-order chi connectivity index (χ1) is 9.32. The normalized spacial score (nSPS) is 9.75. The quantitative estimate of drug-likeness (QED) is 0.315. The molecule has 0 atom stereocenters. The number of carbonyl (C=O) groups is 1. The zero-order valence-electron chi connectivity index (χ0n) is 10.6. The number of unbranched alkanes of at least 4 members (excludes halogenated alkanes) is 1. The van der Waals surface area contributed by atoms with Crippen LogP contribution in [0.5, 0.6) is 0 Å². The summed E-state index contributed by atoms with van der Waals surface area (Å²) in [6.45, 7) is 0. The minimum Gasteiger partial charge on any atom is -0.481 e. The van der Waals surface area contributed by atoms with E-state index < -0.39 is 19.1 Å². The molecule has 0 fully saturated rings. The van der Waals surface area contributed by atoms with Gasteiger partial charge < -0.3 is 14.9 Å². The van der Waals surface area contributed by atoms with Crippen LogP contribution in [0.25, 0.3) is 0 Å². The first-order valence-electron chi connectivity index (χ1n) is 5.70. The number of carboxylic acid groups (broad SMARTS) is 1. The third-order valence-corrected chi connectivity index (χ3v) is 2.25. The standard InChI is InChI=1S/C11H13NO4.H3O3P/c13-11(14)4-2-1-3-9-5-7-10(8-6-9)12(15)16;1-4(2)3/h5-8H,1-4H2,(H,13,14);4H,(H2,1,2,3). The van der Waals surface area contributed by atoms with Crippen molar-refractivity contribution in [2.75, 3.05) is 0 Å². The molecule has 0 saturated carbocycles. The summed E-state index contributed by atoms with van der Waals surface area (Å²) < 4.78 is 8.74. The van der Waals surface area contributed by atoms with E-state index in [1.54, 1.807) is 12.1 Å². The Labute approximate surface area is 115 Å². The third-order valence-electron chi connectivity index (χ3n) is 2.25. The molecular formula is C11H16NO7P. The van der Waals surface area contributed by atoms with E-state index in [0.29, 0.717) is 6.42 Å². The fraction of sp³-hybridized carbons (Fsp3) is 0.364. The van der Waals surface area contributed by atoms with Gasteiger partial charge in [-0.3, -0.25) is 19.5 Å². The summed E-state index contributed by atoms with van der Waals surface area (Å²) >= 11 is 0. The molecule has 0 bridgehead atoms. The molecule has 0 heterocycles. The topological polar surface area (TPSA) is 138 Å². The molecule has 1 rings (SSSR count). The largest absolute Gasteiger partial charge is 0.481 e. The number of aryl methyl sites for hydroxylation is 1. The Morgan fingerprint density at radius 2 is 1.70 bits per heavy atom. The maximum Gasteiger partial charge on any atom is 0.314 e. The number of nitro groups is 1. The Kier molecular flexibility index (Phi) is 9.19. The van der Waals surface area contributed by atoms with Gasteiger partial charge in [0.1, 0.15) is 0 Å². The highest BCUT2D eigenvalue weighted by Crippen LogP contribution is 2.13. The van der Waals surface area contributed by atoms with Crippen molar-refractivity contribution in [3.63, 3.8) is 0 Å². The van der Waals surface area contributed by atoms with Crippen LogP contribution < -0.4 is 0 Å². The van der Waals surface area contributed by atoms with Crippen molar-refractivity contribution >= 4 is 19.9 Å². The molecule has 0 aliphatic rings. The number of rotatable bonds is 6. The number of hydrogen-bond donors (Lipinski definition) is 3. The molecule has 1 aromatic rings. The van der Waals surface area contributed by atoms with Crippen molar-refractivity contribution < 1.29 is 29.2 Å². The van der Waals surface area contributed by atoms with Crippen LogP contribution in [-0.2, 0) is 15.8 Å².